The van der Waals surface area contributed by atoms with Crippen LogP contribution in [-0.2, 0) is 0 Å². The minimum absolute atomic E-state index is 0.498. The second kappa shape index (κ2) is 4.35. The standard InChI is InChI=1S/C11H10O/c1-3-11(12-4-2)10-8-6-5-7-9-10/h5-9H,4H2,2H3. The molecule has 1 heteroatoms. The molecule has 1 nitrogen and oxygen atoms in total. The van der Waals surface area contributed by atoms with Crippen molar-refractivity contribution in [2.24, 2.45) is 0 Å². The van der Waals surface area contributed by atoms with Crippen LogP contribution in [0.2, 0.25) is 0 Å². The van der Waals surface area contributed by atoms with Gasteiger partial charge in [0.1, 0.15) is 0 Å². The Morgan fingerprint density at radius 1 is 1.42 bits per heavy atom. The van der Waals surface area contributed by atoms with E-state index in [2.05, 4.69) is 5.92 Å². The molecule has 0 bridgehead atoms. The first-order valence-electron chi connectivity index (χ1n) is 3.86. The molecule has 0 heterocycles. The molecule has 0 aliphatic rings. The molecule has 0 fully saturated rings. The van der Waals surface area contributed by atoms with Gasteiger partial charge in [-0.05, 0) is 0 Å². The maximum Gasteiger partial charge on any atom is 0.250 e. The SMILES string of the molecule is [C-]#CC(=[O+]CC)c1ccccc1. The summed E-state index contributed by atoms with van der Waals surface area (Å²) in [5, 5.41) is 0. The van der Waals surface area contributed by atoms with Gasteiger partial charge >= 0.3 is 0 Å². The third-order valence-electron chi connectivity index (χ3n) is 1.44. The van der Waals surface area contributed by atoms with Gasteiger partial charge < -0.3 is 10.8 Å². The van der Waals surface area contributed by atoms with Crippen LogP contribution in [0, 0.1) is 12.3 Å². The molecule has 1 aromatic carbocycles. The Hall–Kier alpha value is -1.55. The van der Waals surface area contributed by atoms with Crippen LogP contribution in [0.5, 0.6) is 0 Å². The zero-order valence-corrected chi connectivity index (χ0v) is 7.00. The van der Waals surface area contributed by atoms with E-state index in [0.29, 0.717) is 12.4 Å². The normalized spacial score (nSPS) is 10.8. The Bertz CT molecular complexity index is 304. The lowest BCUT2D eigenvalue weighted by atomic mass is 10.1. The van der Waals surface area contributed by atoms with Gasteiger partial charge in [-0.25, -0.2) is 0 Å². The largest absolute Gasteiger partial charge is 0.357 e. The number of rotatable bonds is 2. The average molecular weight is 158 g/mol. The van der Waals surface area contributed by atoms with E-state index in [1.54, 1.807) is 0 Å². The highest BCUT2D eigenvalue weighted by molar-refractivity contribution is 6.08. The van der Waals surface area contributed by atoms with Crippen LogP contribution in [0.25, 0.3) is 0 Å². The molecule has 1 aromatic rings. The van der Waals surface area contributed by atoms with Gasteiger partial charge in [0.25, 0.3) is 5.78 Å². The van der Waals surface area contributed by atoms with Crippen molar-refractivity contribution < 1.29 is 4.42 Å². The third kappa shape index (κ3) is 1.96. The number of benzene rings is 1. The van der Waals surface area contributed by atoms with Gasteiger partial charge in [-0.3, -0.25) is 0 Å². The number of ketones is 1. The zero-order valence-electron chi connectivity index (χ0n) is 7.00. The Balaban J connectivity index is 2.98. The number of hydrogen-bond acceptors (Lipinski definition) is 0. The molecule has 0 aliphatic heterocycles. The predicted octanol–water partition coefficient (Wildman–Crippen LogP) is 2.01. The summed E-state index contributed by atoms with van der Waals surface area (Å²) in [4.78, 5) is 0. The van der Waals surface area contributed by atoms with E-state index in [1.807, 2.05) is 37.3 Å². The molecular weight excluding hydrogens is 148 g/mol. The molecule has 0 aromatic heterocycles. The second-order valence-corrected chi connectivity index (χ2v) is 2.25. The van der Waals surface area contributed by atoms with E-state index < -0.39 is 0 Å². The summed E-state index contributed by atoms with van der Waals surface area (Å²) in [6.45, 7) is 2.45. The molecule has 0 saturated heterocycles. The van der Waals surface area contributed by atoms with Crippen molar-refractivity contribution in [3.05, 3.63) is 42.3 Å². The second-order valence-electron chi connectivity index (χ2n) is 2.25. The molecule has 0 N–H and O–H groups in total. The molecule has 0 spiro atoms. The Morgan fingerprint density at radius 3 is 2.58 bits per heavy atom. The third-order valence-corrected chi connectivity index (χ3v) is 1.44. The van der Waals surface area contributed by atoms with Gasteiger partial charge in [0.05, 0.1) is 0 Å². The van der Waals surface area contributed by atoms with Crippen molar-refractivity contribution in [3.8, 4) is 5.92 Å². The molecule has 0 unspecified atom stereocenters. The molecule has 0 aliphatic carbocycles. The van der Waals surface area contributed by atoms with Crippen molar-refractivity contribution in [2.45, 2.75) is 6.92 Å². The summed E-state index contributed by atoms with van der Waals surface area (Å²) in [5.74, 6) is 2.76. The average Bonchev–Trinajstić information content (AvgIpc) is 2.15. The van der Waals surface area contributed by atoms with Crippen molar-refractivity contribution in [1.82, 2.24) is 0 Å². The first-order valence-corrected chi connectivity index (χ1v) is 3.86. The van der Waals surface area contributed by atoms with Gasteiger partial charge in [0.15, 0.2) is 0 Å². The van der Waals surface area contributed by atoms with Gasteiger partial charge in [0.2, 0.25) is 6.61 Å². The summed E-state index contributed by atoms with van der Waals surface area (Å²) < 4.78 is 5.20. The molecule has 60 valence electrons. The zero-order chi connectivity index (χ0) is 8.81. The maximum absolute atomic E-state index is 6.99. The lowest BCUT2D eigenvalue weighted by molar-refractivity contribution is -0.261. The van der Waals surface area contributed by atoms with Crippen LogP contribution in [0.3, 0.4) is 0 Å². The van der Waals surface area contributed by atoms with Crippen LogP contribution in [0.15, 0.2) is 30.3 Å². The predicted molar refractivity (Wildman–Crippen MR) is 48.4 cm³/mol. The Morgan fingerprint density at radius 2 is 2.08 bits per heavy atom. The molecule has 0 saturated carbocycles. The topological polar surface area (TPSA) is 11.3 Å². The van der Waals surface area contributed by atoms with E-state index in [0.717, 1.165) is 5.56 Å². The van der Waals surface area contributed by atoms with Gasteiger partial charge in [-0.2, -0.15) is 5.92 Å². The molecular formula is C11H10O. The van der Waals surface area contributed by atoms with Gasteiger partial charge in [-0.1, -0.05) is 30.3 Å². The van der Waals surface area contributed by atoms with Gasteiger partial charge in [0, 0.05) is 12.5 Å². The van der Waals surface area contributed by atoms with Crippen LogP contribution in [0.1, 0.15) is 16.9 Å². The van der Waals surface area contributed by atoms with E-state index in [9.17, 15) is 0 Å². The van der Waals surface area contributed by atoms with Crippen molar-refractivity contribution in [1.29, 1.82) is 0 Å². The van der Waals surface area contributed by atoms with Crippen molar-refractivity contribution in [2.75, 3.05) is 6.61 Å². The number of hydrogen-bond donors (Lipinski definition) is 0. The highest BCUT2D eigenvalue weighted by Gasteiger charge is 1.98. The quantitative estimate of drug-likeness (QED) is 0.270. The fourth-order valence-electron chi connectivity index (χ4n) is 0.925. The van der Waals surface area contributed by atoms with Crippen LogP contribution >= 0.6 is 0 Å². The maximum atomic E-state index is 6.99. The van der Waals surface area contributed by atoms with E-state index in [-0.39, 0.29) is 0 Å². The lowest BCUT2D eigenvalue weighted by Crippen LogP contribution is -1.97. The first kappa shape index (κ1) is 8.55. The van der Waals surface area contributed by atoms with Crippen molar-refractivity contribution in [3.63, 3.8) is 0 Å². The molecule has 0 amide bonds. The fraction of sp³-hybridized carbons (Fsp3) is 0.182. The Kier molecular flexibility index (Phi) is 3.10. The smallest absolute Gasteiger partial charge is 0.250 e. The number of carbonyl (C=O) groups excluding carboxylic acids is 1. The summed E-state index contributed by atoms with van der Waals surface area (Å²) in [5.41, 5.74) is 0.898. The van der Waals surface area contributed by atoms with E-state index >= 15 is 0 Å². The van der Waals surface area contributed by atoms with Crippen LogP contribution < -0.4 is 0 Å². The lowest BCUT2D eigenvalue weighted by Gasteiger charge is -1.95. The minimum Gasteiger partial charge on any atom is -0.357 e. The van der Waals surface area contributed by atoms with Crippen LogP contribution in [0.4, 0.5) is 0 Å². The molecule has 1 rings (SSSR count). The molecule has 0 radical (unpaired) electrons. The molecule has 0 atom stereocenters. The summed E-state index contributed by atoms with van der Waals surface area (Å²) >= 11 is 0. The van der Waals surface area contributed by atoms with E-state index in [1.165, 1.54) is 0 Å². The first-order chi connectivity index (χ1) is 5.88. The summed E-state index contributed by atoms with van der Waals surface area (Å²) in [6, 6.07) is 9.54. The van der Waals surface area contributed by atoms with Crippen molar-refractivity contribution >= 4 is 5.78 Å². The van der Waals surface area contributed by atoms with Gasteiger partial charge in [-0.15, -0.1) is 0 Å². The summed E-state index contributed by atoms with van der Waals surface area (Å²) in [6.07, 6.45) is 6.99. The highest BCUT2D eigenvalue weighted by Crippen LogP contribution is 1.99. The van der Waals surface area contributed by atoms with Crippen LogP contribution in [-0.4, -0.2) is 12.4 Å². The molecule has 12 heavy (non-hydrogen) atoms. The van der Waals surface area contributed by atoms with E-state index in [4.69, 9.17) is 10.8 Å². The fourth-order valence-corrected chi connectivity index (χ4v) is 0.925. The monoisotopic (exact) mass is 158 g/mol. The highest BCUT2D eigenvalue weighted by atomic mass is 16.4. The summed E-state index contributed by atoms with van der Waals surface area (Å²) in [7, 11) is 0. The minimum atomic E-state index is 0.498. The Labute approximate surface area is 72.7 Å².